The highest BCUT2D eigenvalue weighted by Crippen LogP contribution is 2.32. The number of nitrogens with one attached hydrogen (secondary N) is 1. The van der Waals surface area contributed by atoms with Gasteiger partial charge in [-0.1, -0.05) is 6.07 Å². The molecule has 0 aliphatic carbocycles. The van der Waals surface area contributed by atoms with Gasteiger partial charge in [0, 0.05) is 14.2 Å². The van der Waals surface area contributed by atoms with Crippen LogP contribution in [0.25, 0.3) is 0 Å². The van der Waals surface area contributed by atoms with Crippen LogP contribution in [-0.2, 0) is 6.37 Å². The van der Waals surface area contributed by atoms with Crippen molar-refractivity contribution in [1.82, 2.24) is 5.31 Å². The first kappa shape index (κ1) is 3.42. The molecule has 0 saturated carbocycles. The van der Waals surface area contributed by atoms with Crippen LogP contribution in [-0.4, -0.2) is 19.8 Å². The summed E-state index contributed by atoms with van der Waals surface area (Å²) < 4.78 is 78.7. The fourth-order valence-electron chi connectivity index (χ4n) is 1.05. The summed E-state index contributed by atoms with van der Waals surface area (Å²) in [7, 11) is 0.989. The summed E-state index contributed by atoms with van der Waals surface area (Å²) in [6.07, 6.45) is -2.78. The number of likely N-dealkylation sites (N-methyl/N-ethyl adjacent to an activating group) is 1. The highest BCUT2D eigenvalue weighted by atomic mass is 16.7. The zero-order valence-corrected chi connectivity index (χ0v) is 7.50. The first-order valence-electron chi connectivity index (χ1n) is 8.42. The minimum atomic E-state index is -3.11. The van der Waals surface area contributed by atoms with Crippen LogP contribution in [0.1, 0.15) is 23.4 Å². The highest BCUT2D eigenvalue weighted by Gasteiger charge is 2.13. The van der Waals surface area contributed by atoms with Crippen LogP contribution in [0.15, 0.2) is 18.2 Å². The summed E-state index contributed by atoms with van der Waals surface area (Å²) in [5.41, 5.74) is -0.234. The lowest BCUT2D eigenvalue weighted by Gasteiger charge is -2.09. The monoisotopic (exact) mass is 202 g/mol. The second kappa shape index (κ2) is 3.88. The summed E-state index contributed by atoms with van der Waals surface area (Å²) in [6, 6.07) is 0.616. The van der Waals surface area contributed by atoms with E-state index in [1.807, 2.05) is 0 Å². The van der Waals surface area contributed by atoms with E-state index in [2.05, 4.69) is 0 Å². The number of hydrogen-bond donors (Lipinski definition) is 1. The number of ether oxygens (including phenoxy) is 2. The van der Waals surface area contributed by atoms with Gasteiger partial charge in [-0.15, -0.1) is 0 Å². The first-order valence-corrected chi connectivity index (χ1v) is 3.98. The second-order valence-corrected chi connectivity index (χ2v) is 2.65. The predicted octanol–water partition coefficient (Wildman–Crippen LogP) is 1.57. The number of benzene rings is 1. The molecule has 1 aromatic rings. The van der Waals surface area contributed by atoms with Gasteiger partial charge in [-0.3, -0.25) is 0 Å². The van der Waals surface area contributed by atoms with Crippen molar-refractivity contribution in [2.24, 2.45) is 0 Å². The van der Waals surface area contributed by atoms with E-state index in [0.717, 1.165) is 13.1 Å². The van der Waals surface area contributed by atoms with Crippen LogP contribution in [0, 0.1) is 0 Å². The van der Waals surface area contributed by atoms with Gasteiger partial charge >= 0.3 is 0 Å². The minimum Gasteiger partial charge on any atom is -0.454 e. The molecule has 0 aromatic heterocycles. The van der Waals surface area contributed by atoms with Crippen LogP contribution in [0.4, 0.5) is 0 Å². The summed E-state index contributed by atoms with van der Waals surface area (Å²) in [5, 5.41) is 0.254. The molecule has 1 N–H and O–H groups in total. The van der Waals surface area contributed by atoms with Gasteiger partial charge in [-0.2, -0.15) is 0 Å². The molecule has 1 aromatic carbocycles. The Labute approximate surface area is 96.7 Å². The Bertz CT molecular complexity index is 616. The lowest BCUT2D eigenvalue weighted by Crippen LogP contribution is -2.23. The topological polar surface area (TPSA) is 30.5 Å². The van der Waals surface area contributed by atoms with Gasteiger partial charge in [0.05, 0.1) is 0 Å². The Morgan fingerprint density at radius 3 is 3.43 bits per heavy atom. The smallest absolute Gasteiger partial charge is 0.231 e. The molecule has 14 heavy (non-hydrogen) atoms. The number of rotatable bonds is 3. The van der Waals surface area contributed by atoms with Crippen molar-refractivity contribution in [3.8, 4) is 11.5 Å². The largest absolute Gasteiger partial charge is 0.454 e. The van der Waals surface area contributed by atoms with Crippen LogP contribution >= 0.6 is 0 Å². The molecule has 3 heteroatoms. The van der Waals surface area contributed by atoms with Crippen molar-refractivity contribution in [3.05, 3.63) is 23.8 Å². The Balaban J connectivity index is 2.53. The van der Waals surface area contributed by atoms with Gasteiger partial charge in [0.1, 0.15) is 4.15 Å². The van der Waals surface area contributed by atoms with Crippen LogP contribution in [0.2, 0.25) is 1.41 Å². The maximum absolute atomic E-state index is 8.14. The average molecular weight is 202 g/mol. The van der Waals surface area contributed by atoms with Crippen LogP contribution in [0.5, 0.6) is 11.5 Å². The quantitative estimate of drug-likeness (QED) is 0.807. The lowest BCUT2D eigenvalue weighted by atomic mass is 10.1. The van der Waals surface area contributed by atoms with Crippen molar-refractivity contribution in [2.45, 2.75) is 19.2 Å². The molecule has 1 aliphatic rings. The van der Waals surface area contributed by atoms with E-state index in [0.29, 0.717) is 0 Å². The molecule has 1 atom stereocenters. The third-order valence-corrected chi connectivity index (χ3v) is 1.73. The Kier molecular flexibility index (Phi) is 0.947. The first-order chi connectivity index (χ1) is 10.2. The maximum atomic E-state index is 8.14. The summed E-state index contributed by atoms with van der Waals surface area (Å²) >= 11 is 0. The SMILES string of the molecule is [2H]N(C)C([2H])(C([2H])([2H])[2H])C([2H])([2H])c1ccc2c(c1)OC([2H])([2H])O2. The van der Waals surface area contributed by atoms with E-state index >= 15 is 0 Å². The minimum absolute atomic E-state index is 0.0400. The lowest BCUT2D eigenvalue weighted by molar-refractivity contribution is 0.174. The summed E-state index contributed by atoms with van der Waals surface area (Å²) in [5.74, 6) is -0.0601. The van der Waals surface area contributed by atoms with Crippen LogP contribution in [0.3, 0.4) is 0 Å². The Morgan fingerprint density at radius 1 is 1.79 bits per heavy atom. The van der Waals surface area contributed by atoms with Gasteiger partial charge in [0.15, 0.2) is 11.5 Å². The molecular weight excluding hydrogens is 178 g/mol. The van der Waals surface area contributed by atoms with Crippen molar-refractivity contribution in [3.63, 3.8) is 0 Å². The molecular formula is C11H15NO2. The molecule has 1 unspecified atom stereocenters. The highest BCUT2D eigenvalue weighted by molar-refractivity contribution is 5.44. The Hall–Kier alpha value is -1.22. The average Bonchev–Trinajstić information content (AvgIpc) is 2.68. The molecule has 1 heterocycles. The summed E-state index contributed by atoms with van der Waals surface area (Å²) in [6.45, 7) is -5.51. The molecule has 0 spiro atoms. The van der Waals surface area contributed by atoms with Gasteiger partial charge < -0.3 is 14.8 Å². The molecule has 1 aliphatic heterocycles. The predicted molar refractivity (Wildman–Crippen MR) is 54.8 cm³/mol. The normalized spacial score (nSPS) is 33.1. The maximum Gasteiger partial charge on any atom is 0.231 e. The third kappa shape index (κ3) is 1.82. The molecule has 0 radical (unpaired) electrons. The molecule has 0 fully saturated rings. The fourth-order valence-corrected chi connectivity index (χ4v) is 1.05. The summed E-state index contributed by atoms with van der Waals surface area (Å²) in [4.78, 5) is 0. The molecule has 0 bridgehead atoms. The van der Waals surface area contributed by atoms with Crippen molar-refractivity contribution in [2.75, 3.05) is 13.8 Å². The van der Waals surface area contributed by atoms with E-state index in [4.69, 9.17) is 21.9 Å². The molecule has 2 rings (SSSR count). The molecule has 0 amide bonds. The van der Waals surface area contributed by atoms with Crippen molar-refractivity contribution < 1.29 is 21.9 Å². The van der Waals surface area contributed by atoms with E-state index in [1.165, 1.54) is 12.1 Å². The number of hydrogen-bond acceptors (Lipinski definition) is 3. The van der Waals surface area contributed by atoms with Crippen LogP contribution < -0.4 is 14.8 Å². The van der Waals surface area contributed by atoms with E-state index < -0.39 is 26.0 Å². The van der Waals surface area contributed by atoms with E-state index in [1.54, 1.807) is 0 Å². The van der Waals surface area contributed by atoms with Crippen molar-refractivity contribution >= 4 is 0 Å². The van der Waals surface area contributed by atoms with E-state index in [-0.39, 0.29) is 22.4 Å². The van der Waals surface area contributed by atoms with E-state index in [9.17, 15) is 0 Å². The zero-order chi connectivity index (χ0) is 17.8. The standard InChI is InChI=1S/C11H15NO2/c1-8(12-2)5-9-3-4-10-11(6-9)14-7-13-10/h3-4,6,8,12H,5,7H2,1-2H3/i1D3,5D2,7D2,8D/hD. The van der Waals surface area contributed by atoms with Gasteiger partial charge in [-0.05, 0) is 38.0 Å². The van der Waals surface area contributed by atoms with Gasteiger partial charge in [0.2, 0.25) is 6.75 Å². The third-order valence-electron chi connectivity index (χ3n) is 1.73. The molecule has 76 valence electrons. The fraction of sp³-hybridized carbons (Fsp3) is 0.455. The van der Waals surface area contributed by atoms with Gasteiger partial charge in [-0.25, -0.2) is 0 Å². The molecule has 3 nitrogen and oxygen atoms in total. The zero-order valence-electron chi connectivity index (χ0n) is 16.5. The van der Waals surface area contributed by atoms with Crippen molar-refractivity contribution in [1.29, 1.82) is 0 Å². The van der Waals surface area contributed by atoms with Gasteiger partial charge in [0.25, 0.3) is 0 Å². The molecule has 0 saturated heterocycles. The second-order valence-electron chi connectivity index (χ2n) is 2.65. The number of fused-ring (bicyclic) bond motifs is 1. The Morgan fingerprint density at radius 2 is 2.64 bits per heavy atom.